The fourth-order valence-electron chi connectivity index (χ4n) is 1.77. The molecule has 2 heterocycles. The summed E-state index contributed by atoms with van der Waals surface area (Å²) in [6.45, 7) is -0.245. The maximum atomic E-state index is 11.8. The third kappa shape index (κ3) is 2.95. The average Bonchev–Trinajstić information content (AvgIpc) is 2.67. The second kappa shape index (κ2) is 5.96. The normalized spacial score (nSPS) is 30.7. The summed E-state index contributed by atoms with van der Waals surface area (Å²) in [6.07, 6.45) is -3.09. The van der Waals surface area contributed by atoms with E-state index in [1.807, 2.05) is 0 Å². The molecule has 0 spiro atoms. The van der Waals surface area contributed by atoms with Crippen molar-refractivity contribution in [2.45, 2.75) is 24.8 Å². The van der Waals surface area contributed by atoms with Crippen LogP contribution in [0, 0.1) is 5.63 Å². The first-order valence-corrected chi connectivity index (χ1v) is 7.22. The van der Waals surface area contributed by atoms with Gasteiger partial charge in [0.2, 0.25) is 0 Å². The van der Waals surface area contributed by atoms with Crippen molar-refractivity contribution in [3.8, 4) is 5.63 Å². The summed E-state index contributed by atoms with van der Waals surface area (Å²) >= 11 is 4.67. The molecular formula is C10H11N2O5PS. The molecule has 1 saturated heterocycles. The summed E-state index contributed by atoms with van der Waals surface area (Å²) < 4.78 is 13.9. The minimum absolute atomic E-state index is 0.0748. The zero-order valence-electron chi connectivity index (χ0n) is 10.6. The number of aliphatic hydroxyl groups excluding tert-OH is 1. The molecule has 0 unspecified atom stereocenters. The molecule has 0 aromatic carbocycles. The molecule has 1 aliphatic rings. The topological polar surface area (TPSA) is 105 Å². The molecule has 0 bridgehead atoms. The van der Waals surface area contributed by atoms with Crippen LogP contribution in [-0.2, 0) is 16.5 Å². The summed E-state index contributed by atoms with van der Waals surface area (Å²) in [5, 5.41) is 18.8. The van der Waals surface area contributed by atoms with Gasteiger partial charge in [-0.25, -0.2) is 0 Å². The number of nitrogens with zero attached hydrogens (tertiary/aromatic N) is 1. The van der Waals surface area contributed by atoms with Gasteiger partial charge in [-0.2, -0.15) is 0 Å². The molecule has 3 N–H and O–H groups in total. The van der Waals surface area contributed by atoms with Gasteiger partial charge in [-0.1, -0.05) is 0 Å². The molecule has 1 aliphatic heterocycles. The minimum atomic E-state index is -2.00. The van der Waals surface area contributed by atoms with Crippen molar-refractivity contribution < 1.29 is 16.3 Å². The van der Waals surface area contributed by atoms with Crippen LogP contribution in [0.15, 0.2) is 15.8 Å². The molecule has 1 aromatic rings. The Bertz CT molecular complexity index is 740. The Morgan fingerprint density at radius 1 is 1.74 bits per heavy atom. The molecule has 3 atom stereocenters. The molecule has 19 heavy (non-hydrogen) atoms. The van der Waals surface area contributed by atoms with Crippen molar-refractivity contribution in [1.29, 1.82) is 0 Å². The van der Waals surface area contributed by atoms with Gasteiger partial charge in [0.05, 0.1) is 0 Å². The van der Waals surface area contributed by atoms with Gasteiger partial charge in [-0.05, 0) is 0 Å². The Balaban J connectivity index is 2.46. The van der Waals surface area contributed by atoms with E-state index < -0.39 is 36.3 Å². The summed E-state index contributed by atoms with van der Waals surface area (Å²) in [5.41, 5.74) is 1.30. The van der Waals surface area contributed by atoms with Crippen molar-refractivity contribution in [3.05, 3.63) is 32.6 Å². The number of aliphatic hydroxyl groups is 2. The molecule has 1 fully saturated rings. The van der Waals surface area contributed by atoms with Crippen LogP contribution in [0.1, 0.15) is 19.6 Å². The number of aromatic amines is 1. The molecule has 7 nitrogen and oxygen atoms in total. The quantitative estimate of drug-likeness (QED) is 0.599. The van der Waals surface area contributed by atoms with Crippen molar-refractivity contribution in [3.63, 3.8) is 0 Å². The van der Waals surface area contributed by atoms with Gasteiger partial charge in [0, 0.05) is 0 Å². The van der Waals surface area contributed by atoms with E-state index in [1.165, 1.54) is 6.20 Å². The van der Waals surface area contributed by atoms with Gasteiger partial charge in [0.25, 0.3) is 0 Å². The number of ether oxygens (including phenoxy) is 1. The maximum absolute atomic E-state index is 11.8. The average molecular weight is 303 g/mol. The van der Waals surface area contributed by atoms with Crippen molar-refractivity contribution in [1.82, 2.24) is 9.55 Å². The Morgan fingerprint density at radius 2 is 2.47 bits per heavy atom. The number of nitrogens with one attached hydrogen (secondary N) is 1. The zero-order valence-corrected chi connectivity index (χ0v) is 11.3. The third-order valence-corrected chi connectivity index (χ3v) is 3.29. The summed E-state index contributed by atoms with van der Waals surface area (Å²) in [5.74, 6) is 0. The van der Waals surface area contributed by atoms with E-state index in [9.17, 15) is 14.7 Å². The van der Waals surface area contributed by atoms with Gasteiger partial charge in [0.15, 0.2) is 0 Å². The first kappa shape index (κ1) is 13.0. The zero-order chi connectivity index (χ0) is 14.9. The second-order valence-electron chi connectivity index (χ2n) is 3.87. The predicted octanol–water partition coefficient (Wildman–Crippen LogP) is -1.11. The van der Waals surface area contributed by atoms with Crippen molar-refractivity contribution >= 4 is 18.6 Å². The molecule has 1 aromatic heterocycles. The van der Waals surface area contributed by atoms with E-state index in [2.05, 4.69) is 22.4 Å². The molecule has 0 radical (unpaired) electrons. The number of hydrogen-bond donors (Lipinski definition) is 3. The Morgan fingerprint density at radius 3 is 3.05 bits per heavy atom. The van der Waals surface area contributed by atoms with Crippen LogP contribution in [0.4, 0.5) is 0 Å². The summed E-state index contributed by atoms with van der Waals surface area (Å²) in [6, 6.07) is 0. The number of aromatic nitrogens is 2. The van der Waals surface area contributed by atoms with E-state index in [4.69, 9.17) is 11.2 Å². The van der Waals surface area contributed by atoms with Gasteiger partial charge in [-0.3, -0.25) is 0 Å². The predicted molar refractivity (Wildman–Crippen MR) is 70.2 cm³/mol. The molecule has 0 saturated carbocycles. The second-order valence-corrected chi connectivity index (χ2v) is 4.82. The Labute approximate surface area is 115 Å². The van der Waals surface area contributed by atoms with E-state index in [-0.39, 0.29) is 12.0 Å². The van der Waals surface area contributed by atoms with Gasteiger partial charge in [0.1, 0.15) is 0 Å². The fourth-order valence-corrected chi connectivity index (χ4v) is 2.32. The molecule has 9 heteroatoms. The van der Waals surface area contributed by atoms with Gasteiger partial charge < -0.3 is 0 Å². The van der Waals surface area contributed by atoms with Crippen LogP contribution in [0.25, 0.3) is 0 Å². The fraction of sp³-hybridized carbons (Fsp3) is 0.500. The Kier molecular flexibility index (Phi) is 4.08. The van der Waals surface area contributed by atoms with E-state index in [0.29, 0.717) is 6.81 Å². The van der Waals surface area contributed by atoms with E-state index in [1.54, 1.807) is 0 Å². The molecular weight excluding hydrogens is 291 g/mol. The van der Waals surface area contributed by atoms with E-state index in [0.717, 1.165) is 4.57 Å². The molecule has 2 rings (SSSR count). The third-order valence-electron chi connectivity index (χ3n) is 2.69. The number of H-pyrrole nitrogens is 1. The van der Waals surface area contributed by atoms with Gasteiger partial charge >= 0.3 is 114 Å². The summed E-state index contributed by atoms with van der Waals surface area (Å²) in [7, 11) is 0. The van der Waals surface area contributed by atoms with Crippen molar-refractivity contribution in [2.24, 2.45) is 0 Å². The SMILES string of the molecule is [2H][C@]1(O)C[C@H](n2cc(C#P=S)c(=O)[nH]c2=O)O[C@@H]1CO. The molecule has 102 valence electrons. The Hall–Kier alpha value is -1.01. The van der Waals surface area contributed by atoms with Crippen LogP contribution in [0.3, 0.4) is 0 Å². The van der Waals surface area contributed by atoms with Crippen LogP contribution in [0.2, 0.25) is 0 Å². The number of rotatable bonds is 2. The number of hydrogen-bond acceptors (Lipinski definition) is 6. The van der Waals surface area contributed by atoms with Crippen LogP contribution < -0.4 is 11.2 Å². The van der Waals surface area contributed by atoms with Gasteiger partial charge in [-0.15, -0.1) is 0 Å². The molecule has 0 amide bonds. The van der Waals surface area contributed by atoms with E-state index >= 15 is 0 Å². The summed E-state index contributed by atoms with van der Waals surface area (Å²) in [4.78, 5) is 25.3. The van der Waals surface area contributed by atoms with Crippen LogP contribution in [0.5, 0.6) is 0 Å². The van der Waals surface area contributed by atoms with Crippen LogP contribution >= 0.6 is 6.81 Å². The monoisotopic (exact) mass is 303 g/mol. The first-order chi connectivity index (χ1) is 9.39. The van der Waals surface area contributed by atoms with Crippen LogP contribution in [-0.4, -0.2) is 38.6 Å². The molecule has 0 aliphatic carbocycles. The van der Waals surface area contributed by atoms with Crippen molar-refractivity contribution in [2.75, 3.05) is 6.61 Å². The standard InChI is InChI=1S/C10H11N2O5PS/c13-3-7-6(14)1-8(17-7)12-2-5(4-18-19)9(15)11-10(12)16/h2,6-8,13-14H,1,3H2,(H,11,15,16)/t6-,7+,8+/m0/s1/i6D. The first-order valence-electron chi connectivity index (χ1n) is 5.81.